The minimum Gasteiger partial charge on any atom is -0.309 e. The van der Waals surface area contributed by atoms with Crippen molar-refractivity contribution in [1.29, 1.82) is 0 Å². The van der Waals surface area contributed by atoms with E-state index < -0.39 is 5.41 Å². The van der Waals surface area contributed by atoms with Crippen molar-refractivity contribution in [1.82, 2.24) is 9.13 Å². The minimum absolute atomic E-state index is 0.538. The summed E-state index contributed by atoms with van der Waals surface area (Å²) in [5, 5.41) is 4.99. The Morgan fingerprint density at radius 3 is 1.24 bits per heavy atom. The summed E-state index contributed by atoms with van der Waals surface area (Å²) in [4.78, 5) is 0. The van der Waals surface area contributed by atoms with E-state index >= 15 is 0 Å². The third kappa shape index (κ3) is 4.43. The van der Waals surface area contributed by atoms with E-state index in [1.165, 1.54) is 65.9 Å². The number of para-hydroxylation sites is 3. The number of hydrogen-bond donors (Lipinski definition) is 0. The fraction of sp³-hybridized carbons (Fsp3) is 0.0204. The van der Waals surface area contributed by atoms with Crippen LogP contribution in [-0.4, -0.2) is 9.13 Å². The van der Waals surface area contributed by atoms with E-state index in [9.17, 15) is 0 Å². The van der Waals surface area contributed by atoms with Crippen molar-refractivity contribution >= 4 is 43.6 Å². The van der Waals surface area contributed by atoms with E-state index in [-0.39, 0.29) is 0 Å². The molecule has 51 heavy (non-hydrogen) atoms. The Labute approximate surface area is 297 Å². The van der Waals surface area contributed by atoms with Crippen LogP contribution < -0.4 is 0 Å². The molecule has 0 fully saturated rings. The standard InChI is InChI=1S/C49H34N2/c1-5-17-35(18-6-1)49(36-19-7-2-8-20-36,37-21-9-3-10-22-37)38-29-31-43-44-34-40(30-32-47(44)50(48(43)33-38)39-23-11-4-12-24-39)51-45-27-15-13-25-41(45)42-26-14-16-28-46(42)51/h1-34H. The number of rotatable bonds is 6. The van der Waals surface area contributed by atoms with Crippen molar-refractivity contribution in [2.24, 2.45) is 0 Å². The Morgan fingerprint density at radius 2 is 0.686 bits per heavy atom. The van der Waals surface area contributed by atoms with Crippen LogP contribution in [0.25, 0.3) is 55.0 Å². The van der Waals surface area contributed by atoms with Crippen LogP contribution in [0.2, 0.25) is 0 Å². The molecule has 0 unspecified atom stereocenters. The Kier molecular flexibility index (Phi) is 6.75. The molecule has 2 heterocycles. The van der Waals surface area contributed by atoms with Gasteiger partial charge >= 0.3 is 0 Å². The molecule has 2 heteroatoms. The van der Waals surface area contributed by atoms with Gasteiger partial charge in [0.05, 0.1) is 27.5 Å². The van der Waals surface area contributed by atoms with Gasteiger partial charge in [0.2, 0.25) is 0 Å². The van der Waals surface area contributed by atoms with Gasteiger partial charge in [0.25, 0.3) is 0 Å². The highest BCUT2D eigenvalue weighted by atomic mass is 15.0. The molecule has 0 N–H and O–H groups in total. The third-order valence-electron chi connectivity index (χ3n) is 10.7. The van der Waals surface area contributed by atoms with Crippen molar-refractivity contribution < 1.29 is 0 Å². The van der Waals surface area contributed by atoms with Gasteiger partial charge in [-0.1, -0.05) is 158 Å². The summed E-state index contributed by atoms with van der Waals surface area (Å²) < 4.78 is 4.85. The summed E-state index contributed by atoms with van der Waals surface area (Å²) in [6.45, 7) is 0. The molecular weight excluding hydrogens is 617 g/mol. The van der Waals surface area contributed by atoms with Crippen LogP contribution in [0.15, 0.2) is 206 Å². The minimum atomic E-state index is -0.538. The first-order valence-electron chi connectivity index (χ1n) is 17.6. The molecule has 10 rings (SSSR count). The molecule has 2 nitrogen and oxygen atoms in total. The van der Waals surface area contributed by atoms with Gasteiger partial charge in [-0.15, -0.1) is 0 Å². The second-order valence-electron chi connectivity index (χ2n) is 13.3. The van der Waals surface area contributed by atoms with Gasteiger partial charge in [-0.3, -0.25) is 0 Å². The molecule has 0 saturated heterocycles. The molecule has 0 bridgehead atoms. The largest absolute Gasteiger partial charge is 0.309 e. The molecule has 0 saturated carbocycles. The molecule has 0 radical (unpaired) electrons. The van der Waals surface area contributed by atoms with Gasteiger partial charge in [-0.25, -0.2) is 0 Å². The van der Waals surface area contributed by atoms with Gasteiger partial charge in [0.1, 0.15) is 0 Å². The van der Waals surface area contributed by atoms with Crippen molar-refractivity contribution in [3.63, 3.8) is 0 Å². The number of benzene rings is 8. The maximum Gasteiger partial charge on any atom is 0.0702 e. The highest BCUT2D eigenvalue weighted by Gasteiger charge is 2.38. The predicted molar refractivity (Wildman–Crippen MR) is 213 cm³/mol. The molecule has 0 aliphatic carbocycles. The second kappa shape index (κ2) is 11.8. The van der Waals surface area contributed by atoms with Gasteiger partial charge in [0.15, 0.2) is 0 Å². The lowest BCUT2D eigenvalue weighted by atomic mass is 9.65. The Bertz CT molecular complexity index is 2680. The second-order valence-corrected chi connectivity index (χ2v) is 13.3. The zero-order valence-electron chi connectivity index (χ0n) is 28.0. The van der Waals surface area contributed by atoms with E-state index in [0.29, 0.717) is 0 Å². The van der Waals surface area contributed by atoms with E-state index in [0.717, 1.165) is 11.4 Å². The Morgan fingerprint density at radius 1 is 0.255 bits per heavy atom. The van der Waals surface area contributed by atoms with Crippen molar-refractivity contribution in [3.05, 3.63) is 229 Å². The zero-order valence-corrected chi connectivity index (χ0v) is 28.0. The maximum absolute atomic E-state index is 2.44. The van der Waals surface area contributed by atoms with Crippen LogP contribution in [-0.2, 0) is 5.41 Å². The summed E-state index contributed by atoms with van der Waals surface area (Å²) in [7, 11) is 0. The van der Waals surface area contributed by atoms with Gasteiger partial charge < -0.3 is 9.13 Å². The first kappa shape index (κ1) is 29.3. The molecule has 0 atom stereocenters. The molecule has 240 valence electrons. The number of aromatic nitrogens is 2. The maximum atomic E-state index is 2.44. The van der Waals surface area contributed by atoms with Crippen LogP contribution >= 0.6 is 0 Å². The molecule has 0 spiro atoms. The molecule has 10 aromatic rings. The highest BCUT2D eigenvalue weighted by Crippen LogP contribution is 2.47. The van der Waals surface area contributed by atoms with Crippen molar-refractivity contribution in [2.45, 2.75) is 5.41 Å². The zero-order chi connectivity index (χ0) is 33.8. The van der Waals surface area contributed by atoms with Gasteiger partial charge in [-0.2, -0.15) is 0 Å². The molecule has 0 aliphatic rings. The summed E-state index contributed by atoms with van der Waals surface area (Å²) in [6.07, 6.45) is 0. The van der Waals surface area contributed by atoms with Gasteiger partial charge in [-0.05, 0) is 70.8 Å². The van der Waals surface area contributed by atoms with Crippen LogP contribution in [0, 0.1) is 0 Å². The van der Waals surface area contributed by atoms with Crippen molar-refractivity contribution in [2.75, 3.05) is 0 Å². The van der Waals surface area contributed by atoms with E-state index in [4.69, 9.17) is 0 Å². The fourth-order valence-corrected chi connectivity index (χ4v) is 8.50. The molecule has 0 amide bonds. The topological polar surface area (TPSA) is 9.86 Å². The van der Waals surface area contributed by atoms with Crippen LogP contribution in [0.1, 0.15) is 22.3 Å². The summed E-state index contributed by atoms with van der Waals surface area (Å²) in [5.41, 5.74) is 11.5. The van der Waals surface area contributed by atoms with Crippen LogP contribution in [0.5, 0.6) is 0 Å². The average Bonchev–Trinajstić information content (AvgIpc) is 3.72. The lowest BCUT2D eigenvalue weighted by Crippen LogP contribution is -2.31. The monoisotopic (exact) mass is 650 g/mol. The Hall–Kier alpha value is -6.64. The predicted octanol–water partition coefficient (Wildman–Crippen LogP) is 12.3. The number of hydrogen-bond acceptors (Lipinski definition) is 0. The molecule has 2 aromatic heterocycles. The number of fused-ring (bicyclic) bond motifs is 6. The summed E-state index contributed by atoms with van der Waals surface area (Å²) in [6, 6.07) is 75.3. The molecule has 8 aromatic carbocycles. The lowest BCUT2D eigenvalue weighted by molar-refractivity contribution is 0.746. The molecule has 0 aliphatic heterocycles. The average molecular weight is 651 g/mol. The van der Waals surface area contributed by atoms with E-state index in [1.54, 1.807) is 0 Å². The third-order valence-corrected chi connectivity index (χ3v) is 10.7. The van der Waals surface area contributed by atoms with Crippen LogP contribution in [0.4, 0.5) is 0 Å². The SMILES string of the molecule is c1ccc(-n2c3ccc(-n4c5ccccc5c5ccccc54)cc3c3ccc(C(c4ccccc4)(c4ccccc4)c4ccccc4)cc32)cc1. The quantitative estimate of drug-likeness (QED) is 0.159. The van der Waals surface area contributed by atoms with Crippen LogP contribution in [0.3, 0.4) is 0 Å². The first-order chi connectivity index (χ1) is 25.3. The summed E-state index contributed by atoms with van der Waals surface area (Å²) >= 11 is 0. The normalized spacial score (nSPS) is 11.9. The smallest absolute Gasteiger partial charge is 0.0702 e. The first-order valence-corrected chi connectivity index (χ1v) is 17.6. The summed E-state index contributed by atoms with van der Waals surface area (Å²) in [5.74, 6) is 0. The fourth-order valence-electron chi connectivity index (χ4n) is 8.50. The highest BCUT2D eigenvalue weighted by molar-refractivity contribution is 6.12. The van der Waals surface area contributed by atoms with E-state index in [1.807, 2.05) is 0 Å². The molecular formula is C49H34N2. The van der Waals surface area contributed by atoms with Gasteiger partial charge in [0, 0.05) is 32.9 Å². The van der Waals surface area contributed by atoms with Crippen molar-refractivity contribution in [3.8, 4) is 11.4 Å². The number of nitrogens with zero attached hydrogens (tertiary/aromatic N) is 2. The van der Waals surface area contributed by atoms with E-state index in [2.05, 4.69) is 215 Å². The Balaban J connectivity index is 1.30. The lowest BCUT2D eigenvalue weighted by Gasteiger charge is -2.37.